The second-order valence-corrected chi connectivity index (χ2v) is 7.42. The maximum absolute atomic E-state index is 13.1. The van der Waals surface area contributed by atoms with E-state index in [-0.39, 0.29) is 39.9 Å². The standard InChI is InChI=1S/C23H19N5O6/c1-4-34-23(31)16-12-15-19(24-18-7-5-6-10-27(18)22(15)30)26(3)20(16)25-21(29)14-9-8-13(2)17(11-14)28(32)33/h5-12H,4H2,1-3H3. The maximum atomic E-state index is 13.1. The Labute approximate surface area is 191 Å². The second kappa shape index (κ2) is 8.70. The number of rotatable bonds is 4. The van der Waals surface area contributed by atoms with Crippen molar-refractivity contribution in [3.05, 3.63) is 91.3 Å². The number of nitrogens with zero attached hydrogens (tertiary/aromatic N) is 5. The van der Waals surface area contributed by atoms with E-state index < -0.39 is 22.4 Å². The number of aromatic nitrogens is 3. The second-order valence-electron chi connectivity index (χ2n) is 7.42. The van der Waals surface area contributed by atoms with Crippen LogP contribution < -0.4 is 11.0 Å². The Hall–Kier alpha value is -4.67. The van der Waals surface area contributed by atoms with E-state index in [0.717, 1.165) is 6.07 Å². The van der Waals surface area contributed by atoms with Crippen LogP contribution in [0.1, 0.15) is 33.2 Å². The number of carbonyl (C=O) groups is 2. The highest BCUT2D eigenvalue weighted by molar-refractivity contribution is 5.97. The van der Waals surface area contributed by atoms with Gasteiger partial charge in [0.25, 0.3) is 17.2 Å². The van der Waals surface area contributed by atoms with Gasteiger partial charge in [-0.1, -0.05) is 12.1 Å². The van der Waals surface area contributed by atoms with Crippen LogP contribution in [0.2, 0.25) is 0 Å². The maximum Gasteiger partial charge on any atom is 0.341 e. The van der Waals surface area contributed by atoms with Gasteiger partial charge in [0.2, 0.25) is 0 Å². The first-order chi connectivity index (χ1) is 16.2. The Morgan fingerprint density at radius 1 is 1.21 bits per heavy atom. The molecule has 0 bridgehead atoms. The third kappa shape index (κ3) is 3.83. The molecule has 34 heavy (non-hydrogen) atoms. The van der Waals surface area contributed by atoms with Gasteiger partial charge in [-0.25, -0.2) is 9.78 Å². The van der Waals surface area contributed by atoms with Crippen molar-refractivity contribution in [3.8, 4) is 0 Å². The summed E-state index contributed by atoms with van der Waals surface area (Å²) in [5.74, 6) is -1.58. The van der Waals surface area contributed by atoms with Gasteiger partial charge in [0.1, 0.15) is 16.9 Å². The first-order valence-corrected chi connectivity index (χ1v) is 10.2. The molecule has 0 spiro atoms. The average molecular weight is 461 g/mol. The van der Waals surface area contributed by atoms with Crippen molar-refractivity contribution in [3.63, 3.8) is 0 Å². The molecule has 0 N–H and O–H groups in total. The van der Waals surface area contributed by atoms with Crippen molar-refractivity contribution >= 4 is 34.2 Å². The zero-order valence-electron chi connectivity index (χ0n) is 18.5. The van der Waals surface area contributed by atoms with Crippen molar-refractivity contribution in [2.75, 3.05) is 6.61 Å². The summed E-state index contributed by atoms with van der Waals surface area (Å²) in [4.78, 5) is 58.0. The lowest BCUT2D eigenvalue weighted by molar-refractivity contribution is -0.385. The van der Waals surface area contributed by atoms with Crippen molar-refractivity contribution in [1.29, 1.82) is 0 Å². The van der Waals surface area contributed by atoms with E-state index in [1.165, 1.54) is 34.2 Å². The minimum atomic E-state index is -0.805. The summed E-state index contributed by atoms with van der Waals surface area (Å²) >= 11 is 0. The molecular weight excluding hydrogens is 442 g/mol. The summed E-state index contributed by atoms with van der Waals surface area (Å²) < 4.78 is 7.81. The molecule has 11 nitrogen and oxygen atoms in total. The number of amides is 1. The van der Waals surface area contributed by atoms with Crippen molar-refractivity contribution in [1.82, 2.24) is 14.0 Å². The topological polar surface area (TPSA) is 138 Å². The lowest BCUT2D eigenvalue weighted by Gasteiger charge is -2.11. The molecule has 0 aliphatic heterocycles. The lowest BCUT2D eigenvalue weighted by Crippen LogP contribution is -2.31. The molecule has 4 aromatic rings. The Balaban J connectivity index is 2.03. The van der Waals surface area contributed by atoms with Gasteiger partial charge < -0.3 is 9.30 Å². The number of hydrogen-bond donors (Lipinski definition) is 0. The highest BCUT2D eigenvalue weighted by atomic mass is 16.6. The molecule has 0 aliphatic carbocycles. The summed E-state index contributed by atoms with van der Waals surface area (Å²) in [5, 5.41) is 11.4. The summed E-state index contributed by atoms with van der Waals surface area (Å²) in [7, 11) is 1.51. The van der Waals surface area contributed by atoms with Crippen LogP contribution in [0, 0.1) is 17.0 Å². The highest BCUT2D eigenvalue weighted by Gasteiger charge is 2.20. The van der Waals surface area contributed by atoms with Gasteiger partial charge in [-0.2, -0.15) is 4.99 Å². The zero-order valence-corrected chi connectivity index (χ0v) is 18.5. The van der Waals surface area contributed by atoms with Crippen LogP contribution in [0.3, 0.4) is 0 Å². The number of esters is 1. The number of nitro groups is 1. The van der Waals surface area contributed by atoms with E-state index in [0.29, 0.717) is 11.2 Å². The lowest BCUT2D eigenvalue weighted by atomic mass is 10.1. The van der Waals surface area contributed by atoms with Crippen molar-refractivity contribution < 1.29 is 19.2 Å². The molecule has 172 valence electrons. The van der Waals surface area contributed by atoms with Crippen LogP contribution in [0.4, 0.5) is 5.69 Å². The molecule has 0 saturated carbocycles. The average Bonchev–Trinajstić information content (AvgIpc) is 2.81. The Morgan fingerprint density at radius 2 is 1.97 bits per heavy atom. The minimum Gasteiger partial charge on any atom is -0.462 e. The Morgan fingerprint density at radius 3 is 2.68 bits per heavy atom. The van der Waals surface area contributed by atoms with E-state index in [9.17, 15) is 24.5 Å². The van der Waals surface area contributed by atoms with Crippen molar-refractivity contribution in [2.45, 2.75) is 13.8 Å². The smallest absolute Gasteiger partial charge is 0.341 e. The molecule has 0 unspecified atom stereocenters. The Bertz CT molecular complexity index is 1630. The van der Waals surface area contributed by atoms with E-state index in [1.807, 2.05) is 0 Å². The number of carbonyl (C=O) groups excluding carboxylic acids is 2. The van der Waals surface area contributed by atoms with Gasteiger partial charge in [0.05, 0.1) is 16.9 Å². The van der Waals surface area contributed by atoms with Crippen LogP contribution >= 0.6 is 0 Å². The van der Waals surface area contributed by atoms with Crippen molar-refractivity contribution in [2.24, 2.45) is 12.0 Å². The predicted octanol–water partition coefficient (Wildman–Crippen LogP) is 2.32. The first kappa shape index (κ1) is 22.5. The van der Waals surface area contributed by atoms with E-state index >= 15 is 0 Å². The number of benzene rings is 1. The number of fused-ring (bicyclic) bond motifs is 2. The minimum absolute atomic E-state index is 0.0289. The van der Waals surface area contributed by atoms with E-state index in [1.54, 1.807) is 38.2 Å². The number of ether oxygens (including phenoxy) is 1. The van der Waals surface area contributed by atoms with Crippen LogP contribution in [-0.4, -0.2) is 37.4 Å². The molecule has 0 radical (unpaired) electrons. The number of hydrogen-bond acceptors (Lipinski definition) is 7. The zero-order chi connectivity index (χ0) is 24.6. The molecule has 4 rings (SSSR count). The van der Waals surface area contributed by atoms with Crippen LogP contribution in [-0.2, 0) is 11.8 Å². The fourth-order valence-corrected chi connectivity index (χ4v) is 3.56. The molecule has 0 aliphatic rings. The molecular formula is C23H19N5O6. The summed E-state index contributed by atoms with van der Waals surface area (Å²) in [6, 6.07) is 10.3. The molecule has 3 aromatic heterocycles. The Kier molecular flexibility index (Phi) is 5.76. The number of nitro benzene ring substituents is 1. The van der Waals surface area contributed by atoms with E-state index in [4.69, 9.17) is 4.74 Å². The highest BCUT2D eigenvalue weighted by Crippen LogP contribution is 2.20. The van der Waals surface area contributed by atoms with Gasteiger partial charge in [-0.3, -0.25) is 24.1 Å². The summed E-state index contributed by atoms with van der Waals surface area (Å²) in [5.41, 5.74) is 0.0920. The normalized spacial score (nSPS) is 11.7. The molecule has 1 amide bonds. The van der Waals surface area contributed by atoms with Gasteiger partial charge in [-0.05, 0) is 38.1 Å². The molecule has 11 heteroatoms. The van der Waals surface area contributed by atoms with Gasteiger partial charge in [0.15, 0.2) is 5.49 Å². The van der Waals surface area contributed by atoms with E-state index in [2.05, 4.69) is 9.98 Å². The van der Waals surface area contributed by atoms with Gasteiger partial charge >= 0.3 is 5.97 Å². The predicted molar refractivity (Wildman–Crippen MR) is 122 cm³/mol. The molecule has 1 aromatic carbocycles. The molecule has 0 fully saturated rings. The molecule has 0 saturated heterocycles. The van der Waals surface area contributed by atoms with Crippen LogP contribution in [0.5, 0.6) is 0 Å². The summed E-state index contributed by atoms with van der Waals surface area (Å²) in [6.07, 6.45) is 1.56. The third-order valence-electron chi connectivity index (χ3n) is 5.27. The first-order valence-electron chi connectivity index (χ1n) is 10.2. The van der Waals surface area contributed by atoms with Gasteiger partial charge in [-0.15, -0.1) is 0 Å². The number of aryl methyl sites for hydroxylation is 2. The SMILES string of the molecule is CCOC(=O)c1cc2c(=O)n3ccccc3nc2n(C)c1=NC(=O)c1ccc(C)c([N+](=O)[O-])c1. The fourth-order valence-electron chi connectivity index (χ4n) is 3.56. The van der Waals surface area contributed by atoms with Gasteiger partial charge in [0, 0.05) is 30.4 Å². The fraction of sp³-hybridized carbons (Fsp3) is 0.174. The van der Waals surface area contributed by atoms with Crippen LogP contribution in [0.25, 0.3) is 16.7 Å². The summed E-state index contributed by atoms with van der Waals surface area (Å²) in [6.45, 7) is 3.24. The monoisotopic (exact) mass is 461 g/mol. The largest absolute Gasteiger partial charge is 0.462 e. The number of pyridine rings is 2. The molecule has 0 atom stereocenters. The molecule has 3 heterocycles. The van der Waals surface area contributed by atoms with Crippen LogP contribution in [0.15, 0.2) is 58.4 Å². The third-order valence-corrected chi connectivity index (χ3v) is 5.27. The quantitative estimate of drug-likeness (QED) is 0.197.